The number of likely N-dealkylation sites (tertiary alicyclic amines) is 1. The first kappa shape index (κ1) is 25.3. The molecule has 198 valence electrons. The molecule has 4 aromatic heterocycles. The van der Waals surface area contributed by atoms with Crippen molar-refractivity contribution >= 4 is 34.5 Å². The highest BCUT2D eigenvalue weighted by atomic mass is 32.1. The largest absolute Gasteiger partial charge is 0.480 e. The fourth-order valence-corrected chi connectivity index (χ4v) is 4.78. The summed E-state index contributed by atoms with van der Waals surface area (Å²) in [5, 5.41) is 6.42. The molecule has 0 spiro atoms. The van der Waals surface area contributed by atoms with Crippen LogP contribution in [0.5, 0.6) is 5.88 Å². The van der Waals surface area contributed by atoms with Crippen LogP contribution in [0.3, 0.4) is 0 Å². The van der Waals surface area contributed by atoms with E-state index in [1.807, 2.05) is 0 Å². The van der Waals surface area contributed by atoms with Crippen LogP contribution in [0, 0.1) is 0 Å². The van der Waals surface area contributed by atoms with E-state index in [2.05, 4.69) is 25.4 Å². The zero-order valence-electron chi connectivity index (χ0n) is 19.4. The van der Waals surface area contributed by atoms with Crippen LogP contribution in [-0.4, -0.2) is 73.7 Å². The lowest BCUT2D eigenvalue weighted by Gasteiger charge is -2.17. The minimum atomic E-state index is -4.76. The van der Waals surface area contributed by atoms with Crippen LogP contribution in [-0.2, 0) is 6.18 Å². The van der Waals surface area contributed by atoms with Gasteiger partial charge in [0.15, 0.2) is 5.82 Å². The van der Waals surface area contributed by atoms with Crippen molar-refractivity contribution in [2.45, 2.75) is 18.4 Å². The maximum absolute atomic E-state index is 14.8. The Balaban J connectivity index is 1.45. The number of hydrogen-bond acceptors (Lipinski definition) is 9. The summed E-state index contributed by atoms with van der Waals surface area (Å²) in [5.41, 5.74) is 5.53. The molecule has 4 aromatic rings. The van der Waals surface area contributed by atoms with Gasteiger partial charge in [-0.15, -0.1) is 11.3 Å². The molecular formula is C22H18F4N8O3S. The number of nitrogens with one attached hydrogen (secondary N) is 1. The Bertz CT molecular complexity index is 1530. The molecule has 0 bridgehead atoms. The van der Waals surface area contributed by atoms with Gasteiger partial charge in [-0.05, 0) is 12.1 Å². The third-order valence-electron chi connectivity index (χ3n) is 5.97. The minimum absolute atomic E-state index is 0.0591. The van der Waals surface area contributed by atoms with E-state index in [9.17, 15) is 27.2 Å². The number of nitrogen functional groups attached to an aromatic ring is 1. The smallest absolute Gasteiger partial charge is 0.418 e. The summed E-state index contributed by atoms with van der Waals surface area (Å²) in [6.45, 7) is -0.317. The number of halogens is 4. The molecule has 2 atom stereocenters. The van der Waals surface area contributed by atoms with E-state index in [1.165, 1.54) is 36.0 Å². The molecule has 0 aromatic carbocycles. The molecule has 0 unspecified atom stereocenters. The van der Waals surface area contributed by atoms with E-state index in [0.29, 0.717) is 4.88 Å². The van der Waals surface area contributed by atoms with Crippen LogP contribution in [0.25, 0.3) is 16.8 Å². The molecule has 1 saturated heterocycles. The first-order valence-electron chi connectivity index (χ1n) is 10.9. The summed E-state index contributed by atoms with van der Waals surface area (Å²) in [7, 11) is 1.25. The van der Waals surface area contributed by atoms with Crippen LogP contribution in [0.1, 0.15) is 25.6 Å². The quantitative estimate of drug-likeness (QED) is 0.361. The van der Waals surface area contributed by atoms with E-state index in [-0.39, 0.29) is 41.6 Å². The minimum Gasteiger partial charge on any atom is -0.480 e. The summed E-state index contributed by atoms with van der Waals surface area (Å²) in [5.74, 6) is -1.72. The van der Waals surface area contributed by atoms with Gasteiger partial charge in [0.1, 0.15) is 28.5 Å². The Hall–Kier alpha value is -4.34. The molecule has 38 heavy (non-hydrogen) atoms. The second-order valence-electron chi connectivity index (χ2n) is 8.30. The van der Waals surface area contributed by atoms with E-state index in [4.69, 9.17) is 10.5 Å². The van der Waals surface area contributed by atoms with Crippen molar-refractivity contribution in [3.05, 3.63) is 52.4 Å². The average molecular weight is 550 g/mol. The average Bonchev–Trinajstić information content (AvgIpc) is 3.63. The number of fused-ring (bicyclic) bond motifs is 1. The highest BCUT2D eigenvalue weighted by Crippen LogP contribution is 2.39. The summed E-state index contributed by atoms with van der Waals surface area (Å²) in [6.07, 6.45) is -2.73. The topological polar surface area (TPSA) is 141 Å². The second kappa shape index (κ2) is 9.51. The standard InChI is InChI=1S/C22H18F4N8O3S/c1-37-20-11(19(35)32-14-7-33(6-13(14)23)21(36)16-5-28-9-38-16)2-10(4-29-20)15-3-12(22(24,25)26)17-18(27)30-8-31-34(15)17/h2-5,8-9,13-14H,6-7H2,1H3,(H,32,35)(H2,27,30,31)/t13-,14+/m0/s1. The van der Waals surface area contributed by atoms with E-state index in [1.54, 1.807) is 0 Å². The number of amides is 2. The Morgan fingerprint density at radius 2 is 2.00 bits per heavy atom. The molecule has 1 aliphatic heterocycles. The number of thiazole rings is 1. The lowest BCUT2D eigenvalue weighted by atomic mass is 10.1. The number of alkyl halides is 4. The molecule has 16 heteroatoms. The second-order valence-corrected chi connectivity index (χ2v) is 9.19. The van der Waals surface area contributed by atoms with Crippen LogP contribution in [0.4, 0.5) is 23.4 Å². The van der Waals surface area contributed by atoms with Gasteiger partial charge in [0.25, 0.3) is 11.8 Å². The number of rotatable bonds is 5. The number of aromatic nitrogens is 5. The molecule has 1 fully saturated rings. The number of hydrogen-bond donors (Lipinski definition) is 2. The van der Waals surface area contributed by atoms with Gasteiger partial charge in [-0.25, -0.2) is 18.9 Å². The van der Waals surface area contributed by atoms with E-state index < -0.39 is 41.3 Å². The first-order valence-corrected chi connectivity index (χ1v) is 11.8. The van der Waals surface area contributed by atoms with Gasteiger partial charge in [-0.3, -0.25) is 14.6 Å². The number of carbonyl (C=O) groups is 2. The SMILES string of the molecule is COc1ncc(-c2cc(C(F)(F)F)c3c(N)ncnn23)cc1C(=O)N[C@@H]1CN(C(=O)c2cncs2)C[C@@H]1F. The van der Waals surface area contributed by atoms with Crippen molar-refractivity contribution in [2.75, 3.05) is 25.9 Å². The van der Waals surface area contributed by atoms with Gasteiger partial charge in [0.2, 0.25) is 5.88 Å². The van der Waals surface area contributed by atoms with Crippen molar-refractivity contribution in [1.82, 2.24) is 34.8 Å². The number of methoxy groups -OCH3 is 1. The molecule has 11 nitrogen and oxygen atoms in total. The third kappa shape index (κ3) is 4.46. The number of anilines is 1. The van der Waals surface area contributed by atoms with Crippen LogP contribution in [0.2, 0.25) is 0 Å². The molecule has 0 radical (unpaired) electrons. The van der Waals surface area contributed by atoms with Crippen molar-refractivity contribution < 1.29 is 31.9 Å². The summed E-state index contributed by atoms with van der Waals surface area (Å²) >= 11 is 1.11. The van der Waals surface area contributed by atoms with Gasteiger partial charge >= 0.3 is 6.18 Å². The van der Waals surface area contributed by atoms with Crippen molar-refractivity contribution in [3.63, 3.8) is 0 Å². The monoisotopic (exact) mass is 550 g/mol. The maximum atomic E-state index is 14.8. The Morgan fingerprint density at radius 1 is 1.21 bits per heavy atom. The summed E-state index contributed by atoms with van der Waals surface area (Å²) in [6, 6.07) is 1.04. The fraction of sp³-hybridized carbons (Fsp3) is 0.273. The number of pyridine rings is 1. The molecular weight excluding hydrogens is 532 g/mol. The highest BCUT2D eigenvalue weighted by Gasteiger charge is 2.38. The van der Waals surface area contributed by atoms with Gasteiger partial charge in [0, 0.05) is 18.3 Å². The number of nitrogens with zero attached hydrogens (tertiary/aromatic N) is 6. The van der Waals surface area contributed by atoms with Crippen molar-refractivity contribution in [3.8, 4) is 17.1 Å². The summed E-state index contributed by atoms with van der Waals surface area (Å²) in [4.78, 5) is 38.8. The zero-order valence-corrected chi connectivity index (χ0v) is 20.3. The van der Waals surface area contributed by atoms with Gasteiger partial charge in [-0.2, -0.15) is 18.3 Å². The molecule has 0 aliphatic carbocycles. The van der Waals surface area contributed by atoms with Gasteiger partial charge in [-0.1, -0.05) is 0 Å². The molecule has 1 aliphatic rings. The third-order valence-corrected chi connectivity index (χ3v) is 6.73. The number of ether oxygens (including phenoxy) is 1. The molecule has 0 saturated carbocycles. The number of carbonyl (C=O) groups excluding carboxylic acids is 2. The lowest BCUT2D eigenvalue weighted by Crippen LogP contribution is -2.42. The normalized spacial score (nSPS) is 17.7. The molecule has 5 rings (SSSR count). The Morgan fingerprint density at radius 3 is 2.68 bits per heavy atom. The van der Waals surface area contributed by atoms with Crippen LogP contribution < -0.4 is 15.8 Å². The van der Waals surface area contributed by atoms with Gasteiger partial charge in [0.05, 0.1) is 42.7 Å². The van der Waals surface area contributed by atoms with Crippen LogP contribution in [0.15, 0.2) is 36.4 Å². The molecule has 5 heterocycles. The first-order chi connectivity index (χ1) is 18.1. The molecule has 3 N–H and O–H groups in total. The van der Waals surface area contributed by atoms with Crippen molar-refractivity contribution in [1.29, 1.82) is 0 Å². The predicted molar refractivity (Wildman–Crippen MR) is 126 cm³/mol. The Kier molecular flexibility index (Phi) is 6.34. The summed E-state index contributed by atoms with van der Waals surface area (Å²) < 4.78 is 62.0. The van der Waals surface area contributed by atoms with Crippen LogP contribution >= 0.6 is 11.3 Å². The lowest BCUT2D eigenvalue weighted by molar-refractivity contribution is -0.136. The van der Waals surface area contributed by atoms with E-state index >= 15 is 0 Å². The number of nitrogens with two attached hydrogens (primary N) is 1. The van der Waals surface area contributed by atoms with Crippen molar-refractivity contribution in [2.24, 2.45) is 0 Å². The Labute approximate surface area is 215 Å². The van der Waals surface area contributed by atoms with Gasteiger partial charge < -0.3 is 20.7 Å². The fourth-order valence-electron chi connectivity index (χ4n) is 4.20. The van der Waals surface area contributed by atoms with E-state index in [0.717, 1.165) is 28.2 Å². The highest BCUT2D eigenvalue weighted by molar-refractivity contribution is 7.11. The molecule has 2 amide bonds. The maximum Gasteiger partial charge on any atom is 0.418 e. The predicted octanol–water partition coefficient (Wildman–Crippen LogP) is 2.45. The zero-order chi connectivity index (χ0) is 27.2.